The Hall–Kier alpha value is -2.86. The van der Waals surface area contributed by atoms with Crippen LogP contribution in [-0.2, 0) is 22.7 Å². The lowest BCUT2D eigenvalue weighted by atomic mass is 10.2. The van der Waals surface area contributed by atoms with Crippen molar-refractivity contribution in [1.82, 2.24) is 10.2 Å². The predicted molar refractivity (Wildman–Crippen MR) is 94.0 cm³/mol. The third-order valence-corrected chi connectivity index (χ3v) is 3.59. The summed E-state index contributed by atoms with van der Waals surface area (Å²) < 4.78 is 5.08. The fourth-order valence-corrected chi connectivity index (χ4v) is 2.36. The van der Waals surface area contributed by atoms with Crippen molar-refractivity contribution in [1.29, 1.82) is 0 Å². The van der Waals surface area contributed by atoms with E-state index in [1.165, 1.54) is 0 Å². The highest BCUT2D eigenvalue weighted by Gasteiger charge is 2.22. The second-order valence-corrected chi connectivity index (χ2v) is 5.78. The largest absolute Gasteiger partial charge is 0.480 e. The lowest BCUT2D eigenvalue weighted by Gasteiger charge is -2.22. The number of carbonyl (C=O) groups is 2. The normalized spacial score (nSPS) is 11.8. The summed E-state index contributed by atoms with van der Waals surface area (Å²) in [6.07, 6.45) is -0.746. The minimum atomic E-state index is -1.10. The van der Waals surface area contributed by atoms with Crippen molar-refractivity contribution in [3.05, 3.63) is 71.8 Å². The second-order valence-electron chi connectivity index (χ2n) is 5.78. The summed E-state index contributed by atoms with van der Waals surface area (Å²) in [5.74, 6) is -1.10. The lowest BCUT2D eigenvalue weighted by Crippen LogP contribution is -2.47. The van der Waals surface area contributed by atoms with Gasteiger partial charge in [-0.3, -0.25) is 4.90 Å². The van der Waals surface area contributed by atoms with E-state index in [-0.39, 0.29) is 13.2 Å². The summed E-state index contributed by atoms with van der Waals surface area (Å²) >= 11 is 0. The Morgan fingerprint density at radius 3 is 2.16 bits per heavy atom. The Kier molecular flexibility index (Phi) is 6.98. The SMILES string of the molecule is CN(Cc1ccccc1)C[C@@H](NC(=O)OCc1ccccc1)C(=O)O. The van der Waals surface area contributed by atoms with E-state index in [0.29, 0.717) is 6.54 Å². The first-order chi connectivity index (χ1) is 12.0. The number of ether oxygens (including phenoxy) is 1. The molecule has 0 saturated carbocycles. The van der Waals surface area contributed by atoms with Crippen LogP contribution in [0.25, 0.3) is 0 Å². The van der Waals surface area contributed by atoms with E-state index in [2.05, 4.69) is 5.32 Å². The van der Waals surface area contributed by atoms with Gasteiger partial charge in [-0.2, -0.15) is 0 Å². The van der Waals surface area contributed by atoms with Crippen molar-refractivity contribution >= 4 is 12.1 Å². The van der Waals surface area contributed by atoms with Gasteiger partial charge in [0.1, 0.15) is 12.6 Å². The lowest BCUT2D eigenvalue weighted by molar-refractivity contribution is -0.139. The molecule has 2 aromatic carbocycles. The van der Waals surface area contributed by atoms with E-state index < -0.39 is 18.1 Å². The molecule has 0 unspecified atom stereocenters. The molecule has 0 heterocycles. The highest BCUT2D eigenvalue weighted by molar-refractivity contribution is 5.80. The predicted octanol–water partition coefficient (Wildman–Crippen LogP) is 2.50. The zero-order chi connectivity index (χ0) is 18.1. The summed E-state index contributed by atoms with van der Waals surface area (Å²) in [6.45, 7) is 0.856. The molecule has 2 aromatic rings. The molecule has 2 N–H and O–H groups in total. The number of hydrogen-bond donors (Lipinski definition) is 2. The number of nitrogens with one attached hydrogen (secondary N) is 1. The molecular weight excluding hydrogens is 320 g/mol. The number of hydrogen-bond acceptors (Lipinski definition) is 4. The molecule has 0 aliphatic heterocycles. The van der Waals surface area contributed by atoms with Crippen LogP contribution in [0.3, 0.4) is 0 Å². The zero-order valence-electron chi connectivity index (χ0n) is 14.1. The molecule has 132 valence electrons. The molecule has 0 fully saturated rings. The molecule has 0 aromatic heterocycles. The molecule has 2 rings (SSSR count). The third-order valence-electron chi connectivity index (χ3n) is 3.59. The Balaban J connectivity index is 1.83. The van der Waals surface area contributed by atoms with Crippen molar-refractivity contribution in [3.63, 3.8) is 0 Å². The van der Waals surface area contributed by atoms with Gasteiger partial charge in [0, 0.05) is 13.1 Å². The molecule has 0 radical (unpaired) electrons. The van der Waals surface area contributed by atoms with Gasteiger partial charge in [-0.1, -0.05) is 60.7 Å². The van der Waals surface area contributed by atoms with E-state index in [1.54, 1.807) is 7.05 Å². The molecule has 1 amide bonds. The van der Waals surface area contributed by atoms with Gasteiger partial charge >= 0.3 is 12.1 Å². The quantitative estimate of drug-likeness (QED) is 0.771. The zero-order valence-corrected chi connectivity index (χ0v) is 14.1. The molecule has 6 heteroatoms. The smallest absolute Gasteiger partial charge is 0.408 e. The summed E-state index contributed by atoms with van der Waals surface area (Å²) in [5.41, 5.74) is 1.91. The molecule has 0 spiro atoms. The van der Waals surface area contributed by atoms with Crippen LogP contribution in [0.15, 0.2) is 60.7 Å². The number of benzene rings is 2. The van der Waals surface area contributed by atoms with Crippen LogP contribution in [0, 0.1) is 0 Å². The van der Waals surface area contributed by atoms with Crippen molar-refractivity contribution in [3.8, 4) is 0 Å². The number of aliphatic carboxylic acids is 1. The van der Waals surface area contributed by atoms with Gasteiger partial charge < -0.3 is 15.2 Å². The minimum absolute atomic E-state index is 0.0961. The minimum Gasteiger partial charge on any atom is -0.480 e. The van der Waals surface area contributed by atoms with Gasteiger partial charge in [0.25, 0.3) is 0 Å². The third kappa shape index (κ3) is 6.64. The summed E-state index contributed by atoms with van der Waals surface area (Å²) in [7, 11) is 1.81. The van der Waals surface area contributed by atoms with Crippen LogP contribution in [-0.4, -0.2) is 41.7 Å². The first kappa shape index (κ1) is 18.5. The maximum Gasteiger partial charge on any atom is 0.408 e. The van der Waals surface area contributed by atoms with Crippen molar-refractivity contribution < 1.29 is 19.4 Å². The van der Waals surface area contributed by atoms with E-state index >= 15 is 0 Å². The highest BCUT2D eigenvalue weighted by atomic mass is 16.5. The average Bonchev–Trinajstić information content (AvgIpc) is 2.61. The van der Waals surface area contributed by atoms with Crippen molar-refractivity contribution in [2.75, 3.05) is 13.6 Å². The number of likely N-dealkylation sites (N-methyl/N-ethyl adjacent to an activating group) is 1. The Labute approximate surface area is 147 Å². The topological polar surface area (TPSA) is 78.9 Å². The first-order valence-electron chi connectivity index (χ1n) is 7.97. The van der Waals surface area contributed by atoms with Crippen LogP contribution in [0.5, 0.6) is 0 Å². The molecule has 0 bridgehead atoms. The van der Waals surface area contributed by atoms with E-state index in [0.717, 1.165) is 11.1 Å². The van der Waals surface area contributed by atoms with Crippen LogP contribution in [0.1, 0.15) is 11.1 Å². The molecule has 25 heavy (non-hydrogen) atoms. The molecular formula is C19H22N2O4. The Morgan fingerprint density at radius 1 is 1.04 bits per heavy atom. The maximum atomic E-state index is 11.9. The summed E-state index contributed by atoms with van der Waals surface area (Å²) in [6, 6.07) is 17.9. The summed E-state index contributed by atoms with van der Waals surface area (Å²) in [4.78, 5) is 25.1. The number of amides is 1. The van der Waals surface area contributed by atoms with E-state index in [1.807, 2.05) is 65.6 Å². The van der Waals surface area contributed by atoms with Crippen LogP contribution in [0.2, 0.25) is 0 Å². The molecule has 0 aliphatic rings. The standard InChI is InChI=1S/C19H22N2O4/c1-21(12-15-8-4-2-5-9-15)13-17(18(22)23)20-19(24)25-14-16-10-6-3-7-11-16/h2-11,17H,12-14H2,1H3,(H,20,24)(H,22,23)/t17-/m1/s1. The monoisotopic (exact) mass is 342 g/mol. The van der Waals surface area contributed by atoms with Crippen molar-refractivity contribution in [2.24, 2.45) is 0 Å². The number of alkyl carbamates (subject to hydrolysis) is 1. The Bertz CT molecular complexity index is 676. The average molecular weight is 342 g/mol. The fourth-order valence-electron chi connectivity index (χ4n) is 2.36. The van der Waals surface area contributed by atoms with Gasteiger partial charge in [-0.05, 0) is 18.2 Å². The summed E-state index contributed by atoms with van der Waals surface area (Å²) in [5, 5.41) is 11.7. The van der Waals surface area contributed by atoms with Gasteiger partial charge in [0.15, 0.2) is 0 Å². The highest BCUT2D eigenvalue weighted by Crippen LogP contribution is 2.04. The van der Waals surface area contributed by atoms with Crippen LogP contribution in [0.4, 0.5) is 4.79 Å². The number of carboxylic acid groups (broad SMARTS) is 1. The number of carbonyl (C=O) groups excluding carboxylic acids is 1. The fraction of sp³-hybridized carbons (Fsp3) is 0.263. The molecule has 0 saturated heterocycles. The van der Waals surface area contributed by atoms with Gasteiger partial charge in [-0.25, -0.2) is 9.59 Å². The second kappa shape index (κ2) is 9.44. The van der Waals surface area contributed by atoms with E-state index in [9.17, 15) is 14.7 Å². The van der Waals surface area contributed by atoms with Crippen LogP contribution < -0.4 is 5.32 Å². The molecule has 1 atom stereocenters. The maximum absolute atomic E-state index is 11.9. The van der Waals surface area contributed by atoms with Gasteiger partial charge in [-0.15, -0.1) is 0 Å². The molecule has 0 aliphatic carbocycles. The van der Waals surface area contributed by atoms with Crippen molar-refractivity contribution in [2.45, 2.75) is 19.2 Å². The van der Waals surface area contributed by atoms with Crippen LogP contribution >= 0.6 is 0 Å². The molecule has 6 nitrogen and oxygen atoms in total. The number of nitrogens with zero attached hydrogens (tertiary/aromatic N) is 1. The Morgan fingerprint density at radius 2 is 1.60 bits per heavy atom. The van der Waals surface area contributed by atoms with E-state index in [4.69, 9.17) is 4.74 Å². The first-order valence-corrected chi connectivity index (χ1v) is 7.97. The number of carboxylic acids is 1. The van der Waals surface area contributed by atoms with Gasteiger partial charge in [0.05, 0.1) is 0 Å². The van der Waals surface area contributed by atoms with Gasteiger partial charge in [0.2, 0.25) is 0 Å². The number of rotatable bonds is 8.